The molecule has 1 rings (SSSR count). The SMILES string of the molecule is N#CCC(N)c1cccc(I)c1O. The lowest BCUT2D eigenvalue weighted by atomic mass is 10.0. The largest absolute Gasteiger partial charge is 0.506 e. The normalized spacial score (nSPS) is 12.1. The van der Waals surface area contributed by atoms with Crippen LogP contribution in [0, 0.1) is 14.9 Å². The second kappa shape index (κ2) is 4.44. The van der Waals surface area contributed by atoms with Gasteiger partial charge in [0.25, 0.3) is 0 Å². The molecule has 1 aromatic rings. The molecule has 3 nitrogen and oxygen atoms in total. The maximum absolute atomic E-state index is 9.60. The van der Waals surface area contributed by atoms with Gasteiger partial charge in [0.15, 0.2) is 0 Å². The molecule has 0 radical (unpaired) electrons. The van der Waals surface area contributed by atoms with Crippen molar-refractivity contribution in [2.45, 2.75) is 12.5 Å². The fraction of sp³-hybridized carbons (Fsp3) is 0.222. The smallest absolute Gasteiger partial charge is 0.133 e. The fourth-order valence-corrected chi connectivity index (χ4v) is 1.56. The van der Waals surface area contributed by atoms with Crippen molar-refractivity contribution in [1.82, 2.24) is 0 Å². The van der Waals surface area contributed by atoms with Gasteiger partial charge in [0, 0.05) is 11.6 Å². The molecule has 0 heterocycles. The lowest BCUT2D eigenvalue weighted by Gasteiger charge is -2.10. The molecular formula is C9H9IN2O. The molecule has 0 saturated heterocycles. The van der Waals surface area contributed by atoms with Crippen molar-refractivity contribution in [2.75, 3.05) is 0 Å². The topological polar surface area (TPSA) is 70.0 Å². The Kier molecular flexibility index (Phi) is 3.51. The molecule has 68 valence electrons. The highest BCUT2D eigenvalue weighted by Gasteiger charge is 2.11. The van der Waals surface area contributed by atoms with Gasteiger partial charge in [-0.15, -0.1) is 0 Å². The predicted molar refractivity (Wildman–Crippen MR) is 58.0 cm³/mol. The van der Waals surface area contributed by atoms with Crippen LogP contribution in [0.15, 0.2) is 18.2 Å². The molecule has 13 heavy (non-hydrogen) atoms. The fourth-order valence-electron chi connectivity index (χ4n) is 1.04. The van der Waals surface area contributed by atoms with Crippen molar-refractivity contribution < 1.29 is 5.11 Å². The first-order chi connectivity index (χ1) is 6.16. The summed E-state index contributed by atoms with van der Waals surface area (Å²) in [5, 5.41) is 18.0. The molecule has 1 atom stereocenters. The van der Waals surface area contributed by atoms with Gasteiger partial charge in [-0.2, -0.15) is 5.26 Å². The summed E-state index contributed by atoms with van der Waals surface area (Å²) in [5.41, 5.74) is 6.32. The van der Waals surface area contributed by atoms with Gasteiger partial charge in [-0.25, -0.2) is 0 Å². The van der Waals surface area contributed by atoms with Crippen LogP contribution < -0.4 is 5.73 Å². The summed E-state index contributed by atoms with van der Waals surface area (Å²) in [6, 6.07) is 6.91. The van der Waals surface area contributed by atoms with Crippen LogP contribution in [0.5, 0.6) is 5.75 Å². The Bertz CT molecular complexity index is 346. The van der Waals surface area contributed by atoms with Crippen molar-refractivity contribution in [1.29, 1.82) is 5.26 Å². The molecule has 0 bridgehead atoms. The van der Waals surface area contributed by atoms with Gasteiger partial charge < -0.3 is 10.8 Å². The Morgan fingerprint density at radius 2 is 2.31 bits per heavy atom. The molecule has 0 fully saturated rings. The van der Waals surface area contributed by atoms with Crippen LogP contribution in [0.1, 0.15) is 18.0 Å². The van der Waals surface area contributed by atoms with E-state index in [0.717, 1.165) is 3.57 Å². The summed E-state index contributed by atoms with van der Waals surface area (Å²) in [5.74, 6) is 0.186. The van der Waals surface area contributed by atoms with E-state index in [1.807, 2.05) is 34.7 Å². The Balaban J connectivity index is 3.02. The lowest BCUT2D eigenvalue weighted by Crippen LogP contribution is -2.09. The zero-order chi connectivity index (χ0) is 9.84. The van der Waals surface area contributed by atoms with Gasteiger partial charge >= 0.3 is 0 Å². The van der Waals surface area contributed by atoms with Crippen molar-refractivity contribution in [3.05, 3.63) is 27.3 Å². The molecule has 1 aromatic carbocycles. The average molecular weight is 288 g/mol. The highest BCUT2D eigenvalue weighted by Crippen LogP contribution is 2.28. The molecule has 0 aromatic heterocycles. The van der Waals surface area contributed by atoms with Crippen LogP contribution in [0.4, 0.5) is 0 Å². The van der Waals surface area contributed by atoms with Crippen LogP contribution in [-0.4, -0.2) is 5.11 Å². The molecular weight excluding hydrogens is 279 g/mol. The van der Waals surface area contributed by atoms with E-state index in [4.69, 9.17) is 11.0 Å². The van der Waals surface area contributed by atoms with Gasteiger partial charge in [-0.1, -0.05) is 12.1 Å². The molecule has 0 amide bonds. The van der Waals surface area contributed by atoms with E-state index >= 15 is 0 Å². The molecule has 0 saturated carbocycles. The molecule has 4 heteroatoms. The van der Waals surface area contributed by atoms with Crippen molar-refractivity contribution in [3.8, 4) is 11.8 Å². The van der Waals surface area contributed by atoms with Crippen molar-refractivity contribution in [3.63, 3.8) is 0 Å². The van der Waals surface area contributed by atoms with Gasteiger partial charge in [-0.05, 0) is 28.7 Å². The van der Waals surface area contributed by atoms with Crippen LogP contribution in [0.25, 0.3) is 0 Å². The Labute approximate surface area is 90.3 Å². The molecule has 0 spiro atoms. The summed E-state index contributed by atoms with van der Waals surface area (Å²) in [6.45, 7) is 0. The third kappa shape index (κ3) is 2.32. The molecule has 0 aliphatic heterocycles. The molecule has 3 N–H and O–H groups in total. The standard InChI is InChI=1S/C9H9IN2O/c10-7-3-1-2-6(9(7)13)8(12)4-5-11/h1-3,8,13H,4,12H2. The summed E-state index contributed by atoms with van der Waals surface area (Å²) >= 11 is 2.02. The summed E-state index contributed by atoms with van der Waals surface area (Å²) in [6.07, 6.45) is 0.216. The molecule has 1 unspecified atom stereocenters. The van der Waals surface area contributed by atoms with E-state index in [1.165, 1.54) is 0 Å². The number of aromatic hydroxyl groups is 1. The second-order valence-corrected chi connectivity index (χ2v) is 3.81. The maximum Gasteiger partial charge on any atom is 0.133 e. The minimum absolute atomic E-state index is 0.186. The van der Waals surface area contributed by atoms with E-state index in [1.54, 1.807) is 12.1 Å². The molecule has 0 aliphatic rings. The number of phenolic OH excluding ortho intramolecular Hbond substituents is 1. The third-order valence-corrected chi connectivity index (χ3v) is 2.60. The third-order valence-electron chi connectivity index (χ3n) is 1.73. The van der Waals surface area contributed by atoms with Gasteiger partial charge in [-0.3, -0.25) is 0 Å². The lowest BCUT2D eigenvalue weighted by molar-refractivity contribution is 0.458. The number of halogens is 1. The van der Waals surface area contributed by atoms with Crippen LogP contribution in [0.2, 0.25) is 0 Å². The maximum atomic E-state index is 9.60. The monoisotopic (exact) mass is 288 g/mol. The minimum atomic E-state index is -0.403. The van der Waals surface area contributed by atoms with E-state index in [2.05, 4.69) is 0 Å². The minimum Gasteiger partial charge on any atom is -0.506 e. The van der Waals surface area contributed by atoms with Gasteiger partial charge in [0.1, 0.15) is 5.75 Å². The van der Waals surface area contributed by atoms with E-state index in [9.17, 15) is 5.11 Å². The van der Waals surface area contributed by atoms with Crippen LogP contribution in [0.3, 0.4) is 0 Å². The summed E-state index contributed by atoms with van der Waals surface area (Å²) < 4.78 is 0.753. The number of phenols is 1. The number of rotatable bonds is 2. The second-order valence-electron chi connectivity index (χ2n) is 2.65. The zero-order valence-electron chi connectivity index (χ0n) is 6.87. The number of nitriles is 1. The number of nitrogens with two attached hydrogens (primary N) is 1. The van der Waals surface area contributed by atoms with Crippen LogP contribution >= 0.6 is 22.6 Å². The van der Waals surface area contributed by atoms with Crippen LogP contribution in [-0.2, 0) is 0 Å². The van der Waals surface area contributed by atoms with Crippen molar-refractivity contribution in [2.24, 2.45) is 5.73 Å². The van der Waals surface area contributed by atoms with E-state index in [0.29, 0.717) is 5.56 Å². The van der Waals surface area contributed by atoms with E-state index < -0.39 is 6.04 Å². The first kappa shape index (κ1) is 10.3. The number of nitrogens with zero attached hydrogens (tertiary/aromatic N) is 1. The summed E-state index contributed by atoms with van der Waals surface area (Å²) in [4.78, 5) is 0. The summed E-state index contributed by atoms with van der Waals surface area (Å²) in [7, 11) is 0. The molecule has 0 aliphatic carbocycles. The first-order valence-electron chi connectivity index (χ1n) is 3.76. The van der Waals surface area contributed by atoms with Gasteiger partial charge in [0.05, 0.1) is 16.1 Å². The first-order valence-corrected chi connectivity index (χ1v) is 4.84. The quantitative estimate of drug-likeness (QED) is 0.817. The van der Waals surface area contributed by atoms with E-state index in [-0.39, 0.29) is 12.2 Å². The zero-order valence-corrected chi connectivity index (χ0v) is 9.02. The number of para-hydroxylation sites is 1. The Morgan fingerprint density at radius 1 is 1.62 bits per heavy atom. The average Bonchev–Trinajstić information content (AvgIpc) is 2.10. The number of benzene rings is 1. The Morgan fingerprint density at radius 3 is 2.92 bits per heavy atom. The number of hydrogen-bond donors (Lipinski definition) is 2. The Hall–Kier alpha value is -0.800. The number of hydrogen-bond acceptors (Lipinski definition) is 3. The predicted octanol–water partition coefficient (Wildman–Crippen LogP) is 1.91. The van der Waals surface area contributed by atoms with Gasteiger partial charge in [0.2, 0.25) is 0 Å². The highest BCUT2D eigenvalue weighted by molar-refractivity contribution is 14.1. The highest BCUT2D eigenvalue weighted by atomic mass is 127. The van der Waals surface area contributed by atoms with Crippen molar-refractivity contribution >= 4 is 22.6 Å².